The molecule has 2 amide bonds. The highest BCUT2D eigenvalue weighted by Gasteiger charge is 2.22. The van der Waals surface area contributed by atoms with Gasteiger partial charge in [-0.15, -0.1) is 10.2 Å². The van der Waals surface area contributed by atoms with Crippen LogP contribution in [-0.4, -0.2) is 39.2 Å². The van der Waals surface area contributed by atoms with E-state index >= 15 is 0 Å². The van der Waals surface area contributed by atoms with Gasteiger partial charge in [-0.1, -0.05) is 44.7 Å². The summed E-state index contributed by atoms with van der Waals surface area (Å²) in [7, 11) is 0. The lowest BCUT2D eigenvalue weighted by Gasteiger charge is -2.19. The number of rotatable bonds is 6. The highest BCUT2D eigenvalue weighted by atomic mass is 32.2. The molecule has 1 aromatic heterocycles. The van der Waals surface area contributed by atoms with Gasteiger partial charge in [-0.05, 0) is 29.5 Å². The summed E-state index contributed by atoms with van der Waals surface area (Å²) in [5.74, 6) is 0.536. The zero-order chi connectivity index (χ0) is 19.4. The minimum Gasteiger partial charge on any atom is -0.414 e. The maximum Gasteiger partial charge on any atom is 0.277 e. The number of aromatic nitrogens is 2. The molecule has 1 N–H and O–H groups in total. The Morgan fingerprint density at radius 2 is 2.00 bits per heavy atom. The number of carbonyl (C=O) groups excluding carboxylic acids is 2. The first-order valence-electron chi connectivity index (χ1n) is 8.94. The molecule has 144 valence electrons. The summed E-state index contributed by atoms with van der Waals surface area (Å²) in [5.41, 5.74) is 2.05. The van der Waals surface area contributed by atoms with E-state index in [1.165, 1.54) is 17.3 Å². The van der Waals surface area contributed by atoms with Gasteiger partial charge in [-0.3, -0.25) is 9.59 Å². The van der Waals surface area contributed by atoms with E-state index in [-0.39, 0.29) is 23.0 Å². The number of hydrogen-bond donors (Lipinski definition) is 1. The maximum absolute atomic E-state index is 12.1. The van der Waals surface area contributed by atoms with Gasteiger partial charge < -0.3 is 14.6 Å². The molecule has 0 bridgehead atoms. The topological polar surface area (TPSA) is 88.3 Å². The molecule has 0 spiro atoms. The molecule has 1 saturated heterocycles. The number of carbonyl (C=O) groups is 2. The van der Waals surface area contributed by atoms with Crippen LogP contribution >= 0.6 is 11.8 Å². The van der Waals surface area contributed by atoms with Crippen molar-refractivity contribution in [2.75, 3.05) is 17.6 Å². The molecule has 27 heavy (non-hydrogen) atoms. The van der Waals surface area contributed by atoms with Gasteiger partial charge in [0.1, 0.15) is 0 Å². The molecule has 0 unspecified atom stereocenters. The molecular weight excluding hydrogens is 364 g/mol. The summed E-state index contributed by atoms with van der Waals surface area (Å²) in [6, 6.07) is 7.85. The normalized spacial score (nSPS) is 14.6. The van der Waals surface area contributed by atoms with E-state index in [1.54, 1.807) is 4.90 Å². The molecule has 0 radical (unpaired) electrons. The number of anilines is 1. The minimum atomic E-state index is -0.141. The van der Waals surface area contributed by atoms with Crippen molar-refractivity contribution in [3.8, 4) is 0 Å². The van der Waals surface area contributed by atoms with Crippen molar-refractivity contribution >= 4 is 29.3 Å². The van der Waals surface area contributed by atoms with Gasteiger partial charge in [0.05, 0.1) is 12.3 Å². The SMILES string of the molecule is CC(C)(C)c1ccc(NC(=O)CSc2nnc(CN3CCCC3=O)o2)cc1. The van der Waals surface area contributed by atoms with Gasteiger partial charge in [-0.25, -0.2) is 0 Å². The quantitative estimate of drug-likeness (QED) is 0.765. The molecule has 0 atom stereocenters. The Morgan fingerprint density at radius 1 is 1.26 bits per heavy atom. The average Bonchev–Trinajstić information content (AvgIpc) is 3.22. The summed E-state index contributed by atoms with van der Waals surface area (Å²) in [6.45, 7) is 7.50. The predicted octanol–water partition coefficient (Wildman–Crippen LogP) is 3.22. The Hall–Kier alpha value is -2.35. The summed E-state index contributed by atoms with van der Waals surface area (Å²) in [6.07, 6.45) is 1.44. The Labute approximate surface area is 162 Å². The molecule has 7 nitrogen and oxygen atoms in total. The fraction of sp³-hybridized carbons (Fsp3) is 0.474. The third-order valence-electron chi connectivity index (χ3n) is 4.31. The zero-order valence-corrected chi connectivity index (χ0v) is 16.6. The van der Waals surface area contributed by atoms with E-state index in [0.717, 1.165) is 18.7 Å². The Bertz CT molecular complexity index is 811. The maximum atomic E-state index is 12.1. The largest absolute Gasteiger partial charge is 0.414 e. The predicted molar refractivity (Wildman–Crippen MR) is 103 cm³/mol. The van der Waals surface area contributed by atoms with Gasteiger partial charge >= 0.3 is 0 Å². The van der Waals surface area contributed by atoms with E-state index in [2.05, 4.69) is 36.3 Å². The number of likely N-dealkylation sites (tertiary alicyclic amines) is 1. The van der Waals surface area contributed by atoms with Gasteiger partial charge in [0, 0.05) is 18.7 Å². The van der Waals surface area contributed by atoms with Crippen LogP contribution in [0, 0.1) is 0 Å². The van der Waals surface area contributed by atoms with Crippen molar-refractivity contribution in [2.24, 2.45) is 0 Å². The lowest BCUT2D eigenvalue weighted by molar-refractivity contribution is -0.128. The number of benzene rings is 1. The number of nitrogens with zero attached hydrogens (tertiary/aromatic N) is 3. The molecule has 2 heterocycles. The molecule has 8 heteroatoms. The van der Waals surface area contributed by atoms with Crippen LogP contribution in [0.4, 0.5) is 5.69 Å². The second kappa shape index (κ2) is 8.12. The first-order valence-corrected chi connectivity index (χ1v) is 9.93. The monoisotopic (exact) mass is 388 g/mol. The Kier molecular flexibility index (Phi) is 5.84. The van der Waals surface area contributed by atoms with Crippen LogP contribution in [0.1, 0.15) is 45.1 Å². The van der Waals surface area contributed by atoms with E-state index in [9.17, 15) is 9.59 Å². The van der Waals surface area contributed by atoms with E-state index in [1.807, 2.05) is 24.3 Å². The standard InChI is InChI=1S/C19H24N4O3S/c1-19(2,3)13-6-8-14(9-7-13)20-15(24)12-27-18-22-21-16(26-18)11-23-10-4-5-17(23)25/h6-9H,4-5,10-12H2,1-3H3,(H,20,24). The van der Waals surface area contributed by atoms with Crippen molar-refractivity contribution in [2.45, 2.75) is 50.8 Å². The smallest absolute Gasteiger partial charge is 0.277 e. The molecule has 1 aliphatic rings. The lowest BCUT2D eigenvalue weighted by atomic mass is 9.87. The van der Waals surface area contributed by atoms with Crippen molar-refractivity contribution in [1.82, 2.24) is 15.1 Å². The van der Waals surface area contributed by atoms with Gasteiger partial charge in [0.15, 0.2) is 0 Å². The molecular formula is C19H24N4O3S. The minimum absolute atomic E-state index is 0.0771. The van der Waals surface area contributed by atoms with Crippen LogP contribution in [0.15, 0.2) is 33.9 Å². The Morgan fingerprint density at radius 3 is 2.63 bits per heavy atom. The third kappa shape index (κ3) is 5.32. The van der Waals surface area contributed by atoms with Crippen LogP contribution in [0.25, 0.3) is 0 Å². The summed E-state index contributed by atoms with van der Waals surface area (Å²) >= 11 is 1.18. The Balaban J connectivity index is 1.47. The van der Waals surface area contributed by atoms with Crippen LogP contribution in [0.2, 0.25) is 0 Å². The van der Waals surface area contributed by atoms with Gasteiger partial charge in [0.2, 0.25) is 17.7 Å². The van der Waals surface area contributed by atoms with Gasteiger partial charge in [0.25, 0.3) is 5.22 Å². The molecule has 1 aliphatic heterocycles. The molecule has 0 aliphatic carbocycles. The molecule has 0 saturated carbocycles. The second-order valence-corrected chi connectivity index (χ2v) is 8.47. The zero-order valence-electron chi connectivity index (χ0n) is 15.8. The summed E-state index contributed by atoms with van der Waals surface area (Å²) in [5, 5.41) is 11.1. The summed E-state index contributed by atoms with van der Waals surface area (Å²) < 4.78 is 5.51. The van der Waals surface area contributed by atoms with Crippen molar-refractivity contribution < 1.29 is 14.0 Å². The van der Waals surface area contributed by atoms with Gasteiger partial charge in [-0.2, -0.15) is 0 Å². The van der Waals surface area contributed by atoms with Crippen LogP contribution < -0.4 is 5.32 Å². The lowest BCUT2D eigenvalue weighted by Crippen LogP contribution is -2.23. The van der Waals surface area contributed by atoms with Crippen LogP contribution in [0.3, 0.4) is 0 Å². The van der Waals surface area contributed by atoms with Crippen LogP contribution in [-0.2, 0) is 21.5 Å². The first kappa shape index (κ1) is 19.4. The van der Waals surface area contributed by atoms with E-state index in [0.29, 0.717) is 24.1 Å². The number of nitrogens with one attached hydrogen (secondary N) is 1. The van der Waals surface area contributed by atoms with Crippen LogP contribution in [0.5, 0.6) is 0 Å². The van der Waals surface area contributed by atoms with Crippen molar-refractivity contribution in [1.29, 1.82) is 0 Å². The first-order chi connectivity index (χ1) is 12.8. The number of hydrogen-bond acceptors (Lipinski definition) is 6. The highest BCUT2D eigenvalue weighted by Crippen LogP contribution is 2.24. The molecule has 3 rings (SSSR count). The van der Waals surface area contributed by atoms with Crippen molar-refractivity contribution in [3.63, 3.8) is 0 Å². The summed E-state index contributed by atoms with van der Waals surface area (Å²) in [4.78, 5) is 25.5. The fourth-order valence-electron chi connectivity index (χ4n) is 2.77. The van der Waals surface area contributed by atoms with Crippen molar-refractivity contribution in [3.05, 3.63) is 35.7 Å². The number of amides is 2. The third-order valence-corrected chi connectivity index (χ3v) is 5.13. The average molecular weight is 388 g/mol. The second-order valence-electron chi connectivity index (χ2n) is 7.54. The van der Waals surface area contributed by atoms with E-state index in [4.69, 9.17) is 4.42 Å². The number of thioether (sulfide) groups is 1. The van der Waals surface area contributed by atoms with E-state index < -0.39 is 0 Å². The fourth-order valence-corrected chi connectivity index (χ4v) is 3.35. The molecule has 2 aromatic rings. The highest BCUT2D eigenvalue weighted by molar-refractivity contribution is 7.99. The molecule has 1 aromatic carbocycles. The molecule has 1 fully saturated rings.